The number of hydrogen-bond acceptors (Lipinski definition) is 6. The van der Waals surface area contributed by atoms with Crippen LogP contribution in [0, 0.1) is 0 Å². The van der Waals surface area contributed by atoms with Crippen molar-refractivity contribution in [1.29, 1.82) is 0 Å². The highest BCUT2D eigenvalue weighted by Gasteiger charge is 2.31. The van der Waals surface area contributed by atoms with E-state index in [4.69, 9.17) is 0 Å². The van der Waals surface area contributed by atoms with Gasteiger partial charge in [0.15, 0.2) is 0 Å². The molecule has 0 unspecified atom stereocenters. The second-order valence-corrected chi connectivity index (χ2v) is 6.40. The van der Waals surface area contributed by atoms with Crippen LogP contribution in [0.3, 0.4) is 0 Å². The first-order chi connectivity index (χ1) is 11.0. The number of rotatable bonds is 2. The van der Waals surface area contributed by atoms with E-state index in [0.717, 1.165) is 10.6 Å². The molecule has 0 aliphatic carbocycles. The summed E-state index contributed by atoms with van der Waals surface area (Å²) in [5.41, 5.74) is 1.00. The Kier molecular flexibility index (Phi) is 2.89. The van der Waals surface area contributed by atoms with Crippen LogP contribution in [0.1, 0.15) is 41.4 Å². The van der Waals surface area contributed by atoms with E-state index < -0.39 is 23.9 Å². The zero-order valence-electron chi connectivity index (χ0n) is 11.4. The maximum Gasteiger partial charge on any atom is 0.346 e. The molecule has 112 valence electrons. The Morgan fingerprint density at radius 3 is 1.39 bits per heavy atom. The second kappa shape index (κ2) is 4.83. The number of hydrogen-bond donors (Lipinski definition) is 0. The Morgan fingerprint density at radius 2 is 0.957 bits per heavy atom. The number of benzene rings is 2. The van der Waals surface area contributed by atoms with Gasteiger partial charge in [0.05, 0.1) is 22.3 Å². The van der Waals surface area contributed by atoms with Gasteiger partial charge in [-0.25, -0.2) is 19.2 Å². The number of fused-ring (bicyclic) bond motifs is 2. The molecule has 0 N–H and O–H groups in total. The van der Waals surface area contributed by atoms with Gasteiger partial charge >= 0.3 is 23.9 Å². The molecule has 2 aliphatic heterocycles. The van der Waals surface area contributed by atoms with Crippen molar-refractivity contribution in [1.82, 2.24) is 0 Å². The topological polar surface area (TPSA) is 86.7 Å². The zero-order valence-corrected chi connectivity index (χ0v) is 12.4. The van der Waals surface area contributed by atoms with E-state index in [1.54, 1.807) is 36.4 Å². The average molecular weight is 326 g/mol. The van der Waals surface area contributed by atoms with Gasteiger partial charge in [0.1, 0.15) is 0 Å². The van der Waals surface area contributed by atoms with Crippen molar-refractivity contribution in [3.05, 3.63) is 58.7 Å². The van der Waals surface area contributed by atoms with Crippen molar-refractivity contribution < 1.29 is 28.7 Å². The number of ether oxygens (including phenoxy) is 2. The molecule has 0 saturated heterocycles. The summed E-state index contributed by atoms with van der Waals surface area (Å²) in [5, 5.41) is 1.63. The summed E-state index contributed by atoms with van der Waals surface area (Å²) in [4.78, 5) is 46.0. The third kappa shape index (κ3) is 2.15. The quantitative estimate of drug-likeness (QED) is 0.464. The number of cyclic esters (lactones) is 4. The van der Waals surface area contributed by atoms with Gasteiger partial charge in [-0.05, 0) is 34.9 Å². The molecule has 0 bridgehead atoms. The van der Waals surface area contributed by atoms with Gasteiger partial charge < -0.3 is 9.47 Å². The molecule has 0 fully saturated rings. The average Bonchev–Trinajstić information content (AvgIpc) is 2.96. The van der Waals surface area contributed by atoms with E-state index in [2.05, 4.69) is 9.47 Å². The van der Waals surface area contributed by atoms with Crippen LogP contribution in [-0.2, 0) is 9.47 Å². The Balaban J connectivity index is 1.68. The molecule has 2 aliphatic rings. The molecule has 2 aromatic rings. The van der Waals surface area contributed by atoms with Crippen LogP contribution in [0.25, 0.3) is 0 Å². The molecule has 2 aromatic carbocycles. The van der Waals surface area contributed by atoms with E-state index in [1.165, 1.54) is 0 Å². The number of carbonyl (C=O) groups is 4. The Morgan fingerprint density at radius 1 is 0.565 bits per heavy atom. The molecule has 2 heterocycles. The first-order valence-corrected chi connectivity index (χ1v) is 7.61. The summed E-state index contributed by atoms with van der Waals surface area (Å²) in [6, 6.07) is 9.78. The lowest BCUT2D eigenvalue weighted by Gasteiger charge is -2.04. The Bertz CT molecular complexity index is 855. The summed E-state index contributed by atoms with van der Waals surface area (Å²) in [6.45, 7) is 0. The van der Waals surface area contributed by atoms with Crippen molar-refractivity contribution >= 4 is 43.1 Å². The van der Waals surface area contributed by atoms with Crippen molar-refractivity contribution in [2.24, 2.45) is 0 Å². The third-order valence-electron chi connectivity index (χ3n) is 3.58. The lowest BCUT2D eigenvalue weighted by molar-refractivity contribution is 0.0425. The predicted octanol–water partition coefficient (Wildman–Crippen LogP) is 0.937. The predicted molar refractivity (Wildman–Crippen MR) is 80.0 cm³/mol. The molecule has 0 atom stereocenters. The summed E-state index contributed by atoms with van der Waals surface area (Å²) < 4.78 is 9.10. The molecule has 0 amide bonds. The maximum atomic E-state index is 11.6. The summed E-state index contributed by atoms with van der Waals surface area (Å²) in [7, 11) is 0.149. The monoisotopic (exact) mass is 326 g/mol. The van der Waals surface area contributed by atoms with Crippen LogP contribution in [0.5, 0.6) is 0 Å². The second-order valence-electron chi connectivity index (χ2n) is 5.00. The van der Waals surface area contributed by atoms with E-state index in [0.29, 0.717) is 0 Å². The van der Waals surface area contributed by atoms with Crippen molar-refractivity contribution in [2.45, 2.75) is 0 Å². The molecule has 0 aromatic heterocycles. The minimum atomic E-state index is -0.653. The Hall–Kier alpha value is -2.85. The highest BCUT2D eigenvalue weighted by Crippen LogP contribution is 2.24. The van der Waals surface area contributed by atoms with Gasteiger partial charge in [-0.3, -0.25) is 0 Å². The molecule has 4 rings (SSSR count). The van der Waals surface area contributed by atoms with Crippen LogP contribution >= 0.6 is 8.58 Å². The first kappa shape index (κ1) is 13.8. The lowest BCUT2D eigenvalue weighted by Crippen LogP contribution is -2.08. The van der Waals surface area contributed by atoms with Crippen LogP contribution in [0.4, 0.5) is 0 Å². The maximum absolute atomic E-state index is 11.6. The number of carbonyl (C=O) groups excluding carboxylic acids is 4. The molecule has 7 heteroatoms. The molecule has 0 saturated carbocycles. The van der Waals surface area contributed by atoms with Crippen LogP contribution < -0.4 is 10.6 Å². The minimum Gasteiger partial charge on any atom is -0.386 e. The van der Waals surface area contributed by atoms with Crippen LogP contribution in [0.2, 0.25) is 0 Å². The largest absolute Gasteiger partial charge is 0.386 e. The normalized spacial score (nSPS) is 15.3. The van der Waals surface area contributed by atoms with E-state index in [-0.39, 0.29) is 30.8 Å². The molecule has 0 spiro atoms. The fourth-order valence-electron chi connectivity index (χ4n) is 2.49. The van der Waals surface area contributed by atoms with Gasteiger partial charge in [0.25, 0.3) is 0 Å². The van der Waals surface area contributed by atoms with Gasteiger partial charge in [0, 0.05) is 0 Å². The van der Waals surface area contributed by atoms with E-state index in [1.807, 2.05) is 0 Å². The summed E-state index contributed by atoms with van der Waals surface area (Å²) in [6.07, 6.45) is 0. The molecular formula is C16H7O6P. The highest BCUT2D eigenvalue weighted by molar-refractivity contribution is 7.55. The lowest BCUT2D eigenvalue weighted by atomic mass is 10.1. The summed E-state index contributed by atoms with van der Waals surface area (Å²) >= 11 is 0. The van der Waals surface area contributed by atoms with Gasteiger partial charge in [-0.1, -0.05) is 20.7 Å². The fraction of sp³-hybridized carbons (Fsp3) is 0. The SMILES string of the molecule is O=C1OC(=O)c2cc(Pc3ccc4c(c3)C(=O)OC4=O)ccc21. The van der Waals surface area contributed by atoms with Crippen molar-refractivity contribution in [2.75, 3.05) is 0 Å². The summed E-state index contributed by atoms with van der Waals surface area (Å²) in [5.74, 6) is -2.59. The zero-order chi connectivity index (χ0) is 16.1. The van der Waals surface area contributed by atoms with Gasteiger partial charge in [-0.15, -0.1) is 0 Å². The van der Waals surface area contributed by atoms with Crippen LogP contribution in [-0.4, -0.2) is 23.9 Å². The third-order valence-corrected chi connectivity index (χ3v) is 4.78. The minimum absolute atomic E-state index is 0.149. The highest BCUT2D eigenvalue weighted by atomic mass is 31.1. The molecule has 0 radical (unpaired) electrons. The Labute approximate surface area is 131 Å². The van der Waals surface area contributed by atoms with Gasteiger partial charge in [-0.2, -0.15) is 0 Å². The standard InChI is InChI=1S/C16H7O6P/c17-13-9-3-1-7(5-11(9)15(19)21-13)23-8-2-4-10-12(6-8)16(20)22-14(10)18/h1-6,23H. The van der Waals surface area contributed by atoms with Gasteiger partial charge in [0.2, 0.25) is 0 Å². The fourth-order valence-corrected chi connectivity index (χ4v) is 3.59. The molecule has 6 nitrogen and oxygen atoms in total. The molecule has 23 heavy (non-hydrogen) atoms. The number of esters is 4. The van der Waals surface area contributed by atoms with Crippen molar-refractivity contribution in [3.63, 3.8) is 0 Å². The van der Waals surface area contributed by atoms with Crippen LogP contribution in [0.15, 0.2) is 36.4 Å². The van der Waals surface area contributed by atoms with Crippen molar-refractivity contribution in [3.8, 4) is 0 Å². The van der Waals surface area contributed by atoms with E-state index >= 15 is 0 Å². The first-order valence-electron chi connectivity index (χ1n) is 6.61. The molecular weight excluding hydrogens is 319 g/mol. The van der Waals surface area contributed by atoms with E-state index in [9.17, 15) is 19.2 Å². The smallest absolute Gasteiger partial charge is 0.346 e.